The average molecular weight is 260 g/mol. The molecule has 0 bridgehead atoms. The molecule has 0 radical (unpaired) electrons. The van der Waals surface area contributed by atoms with E-state index in [1.807, 2.05) is 12.4 Å². The van der Waals surface area contributed by atoms with E-state index in [1.54, 1.807) is 0 Å². The van der Waals surface area contributed by atoms with Crippen LogP contribution in [0.1, 0.15) is 62.5 Å². The van der Waals surface area contributed by atoms with Gasteiger partial charge in [-0.3, -0.25) is 0 Å². The summed E-state index contributed by atoms with van der Waals surface area (Å²) in [5, 5.41) is 4.11. The molecule has 2 heterocycles. The Kier molecular flexibility index (Phi) is 3.62. The molecule has 1 aliphatic carbocycles. The Labute approximate surface area is 113 Å². The van der Waals surface area contributed by atoms with Gasteiger partial charge in [0.25, 0.3) is 0 Å². The van der Waals surface area contributed by atoms with Crippen molar-refractivity contribution >= 4 is 0 Å². The van der Waals surface area contributed by atoms with Gasteiger partial charge in [0.05, 0.1) is 6.54 Å². The van der Waals surface area contributed by atoms with Crippen LogP contribution in [0.3, 0.4) is 0 Å². The van der Waals surface area contributed by atoms with Crippen molar-refractivity contribution in [3.8, 4) is 0 Å². The number of nitrogens with zero attached hydrogens (tertiary/aromatic N) is 4. The fourth-order valence-corrected chi connectivity index (χ4v) is 2.80. The molecule has 0 aromatic carbocycles. The van der Waals surface area contributed by atoms with Gasteiger partial charge < -0.3 is 9.09 Å². The molecule has 0 N–H and O–H groups in total. The predicted octanol–water partition coefficient (Wildman–Crippen LogP) is 2.92. The molecule has 0 amide bonds. The van der Waals surface area contributed by atoms with Gasteiger partial charge in [-0.25, -0.2) is 4.98 Å². The molecule has 2 aromatic rings. The Morgan fingerprint density at radius 3 is 2.95 bits per heavy atom. The number of hydrogen-bond acceptors (Lipinski definition) is 4. The van der Waals surface area contributed by atoms with Gasteiger partial charge in [-0.05, 0) is 12.8 Å². The zero-order valence-electron chi connectivity index (χ0n) is 11.4. The second kappa shape index (κ2) is 5.55. The zero-order chi connectivity index (χ0) is 13.1. The molecule has 102 valence electrons. The molecule has 0 saturated heterocycles. The van der Waals surface area contributed by atoms with E-state index in [4.69, 9.17) is 4.52 Å². The lowest BCUT2D eigenvalue weighted by molar-refractivity contribution is 0.312. The van der Waals surface area contributed by atoms with E-state index in [9.17, 15) is 0 Å². The van der Waals surface area contributed by atoms with Gasteiger partial charge >= 0.3 is 0 Å². The van der Waals surface area contributed by atoms with Crippen molar-refractivity contribution in [2.24, 2.45) is 0 Å². The minimum absolute atomic E-state index is 0.475. The fraction of sp³-hybridized carbons (Fsp3) is 0.643. The smallest absolute Gasteiger partial charge is 0.229 e. The lowest BCUT2D eigenvalue weighted by Gasteiger charge is -2.17. The van der Waals surface area contributed by atoms with Gasteiger partial charge in [-0.1, -0.05) is 31.3 Å². The van der Waals surface area contributed by atoms with Crippen molar-refractivity contribution in [2.75, 3.05) is 0 Å². The molecule has 0 unspecified atom stereocenters. The Morgan fingerprint density at radius 1 is 1.32 bits per heavy atom. The van der Waals surface area contributed by atoms with E-state index in [2.05, 4.69) is 26.6 Å². The van der Waals surface area contributed by atoms with Crippen LogP contribution in [0.5, 0.6) is 0 Å². The monoisotopic (exact) mass is 260 g/mol. The van der Waals surface area contributed by atoms with Crippen LogP contribution >= 0.6 is 0 Å². The third-order valence-corrected chi connectivity index (χ3v) is 3.87. The largest absolute Gasteiger partial charge is 0.339 e. The number of hydrogen-bond donors (Lipinski definition) is 0. The summed E-state index contributed by atoms with van der Waals surface area (Å²) < 4.78 is 7.51. The van der Waals surface area contributed by atoms with Crippen LogP contribution in [0.25, 0.3) is 0 Å². The molecule has 5 nitrogen and oxygen atoms in total. The first-order valence-electron chi connectivity index (χ1n) is 7.19. The molecule has 1 fully saturated rings. The normalized spacial score (nSPS) is 16.9. The van der Waals surface area contributed by atoms with Gasteiger partial charge in [0, 0.05) is 24.7 Å². The van der Waals surface area contributed by atoms with Gasteiger partial charge in [-0.15, -0.1) is 0 Å². The summed E-state index contributed by atoms with van der Waals surface area (Å²) in [6.07, 6.45) is 11.0. The second-order valence-electron chi connectivity index (χ2n) is 5.21. The van der Waals surface area contributed by atoms with Gasteiger partial charge in [0.1, 0.15) is 5.82 Å². The number of aromatic nitrogens is 4. The van der Waals surface area contributed by atoms with Gasteiger partial charge in [0.2, 0.25) is 5.89 Å². The number of aryl methyl sites for hydroxylation is 1. The average Bonchev–Trinajstić information content (AvgIpc) is 3.09. The van der Waals surface area contributed by atoms with Crippen molar-refractivity contribution < 1.29 is 4.52 Å². The zero-order valence-corrected chi connectivity index (χ0v) is 11.4. The maximum Gasteiger partial charge on any atom is 0.229 e. The van der Waals surface area contributed by atoms with E-state index in [-0.39, 0.29) is 0 Å². The van der Waals surface area contributed by atoms with Crippen molar-refractivity contribution in [2.45, 2.75) is 57.9 Å². The van der Waals surface area contributed by atoms with Crippen LogP contribution in [0.15, 0.2) is 16.9 Å². The summed E-state index contributed by atoms with van der Waals surface area (Å²) in [7, 11) is 0. The summed E-state index contributed by atoms with van der Waals surface area (Å²) in [4.78, 5) is 8.86. The van der Waals surface area contributed by atoms with E-state index in [0.29, 0.717) is 12.5 Å². The summed E-state index contributed by atoms with van der Waals surface area (Å²) in [6.45, 7) is 2.75. The first kappa shape index (κ1) is 12.4. The van der Waals surface area contributed by atoms with Crippen LogP contribution in [-0.2, 0) is 13.0 Å². The summed E-state index contributed by atoms with van der Waals surface area (Å²) in [6, 6.07) is 0. The topological polar surface area (TPSA) is 56.7 Å². The minimum Gasteiger partial charge on any atom is -0.339 e. The van der Waals surface area contributed by atoms with Crippen LogP contribution in [0, 0.1) is 0 Å². The Bertz CT molecular complexity index is 525. The van der Waals surface area contributed by atoms with Crippen LogP contribution < -0.4 is 0 Å². The molecule has 3 rings (SSSR count). The summed E-state index contributed by atoms with van der Waals surface area (Å²) in [5.41, 5.74) is 0. The van der Waals surface area contributed by atoms with Crippen molar-refractivity contribution in [1.29, 1.82) is 0 Å². The van der Waals surface area contributed by atoms with Crippen molar-refractivity contribution in [1.82, 2.24) is 19.7 Å². The Hall–Kier alpha value is -1.65. The highest BCUT2D eigenvalue weighted by Crippen LogP contribution is 2.31. The highest BCUT2D eigenvalue weighted by atomic mass is 16.5. The van der Waals surface area contributed by atoms with E-state index in [1.165, 1.54) is 32.1 Å². The third-order valence-electron chi connectivity index (χ3n) is 3.87. The number of imidazole rings is 1. The summed E-state index contributed by atoms with van der Waals surface area (Å²) >= 11 is 0. The predicted molar refractivity (Wildman–Crippen MR) is 70.8 cm³/mol. The molecule has 0 spiro atoms. The highest BCUT2D eigenvalue weighted by molar-refractivity contribution is 4.99. The minimum atomic E-state index is 0.475. The Morgan fingerprint density at radius 2 is 2.16 bits per heavy atom. The molecule has 1 aliphatic rings. The van der Waals surface area contributed by atoms with Crippen molar-refractivity contribution in [3.05, 3.63) is 29.9 Å². The molecular weight excluding hydrogens is 240 g/mol. The lowest BCUT2D eigenvalue weighted by Crippen LogP contribution is -2.07. The lowest BCUT2D eigenvalue weighted by atomic mass is 9.89. The fourth-order valence-electron chi connectivity index (χ4n) is 2.80. The van der Waals surface area contributed by atoms with Gasteiger partial charge in [-0.2, -0.15) is 4.98 Å². The molecule has 1 saturated carbocycles. The van der Waals surface area contributed by atoms with Crippen molar-refractivity contribution in [3.63, 3.8) is 0 Å². The van der Waals surface area contributed by atoms with Crippen LogP contribution in [0.2, 0.25) is 0 Å². The van der Waals surface area contributed by atoms with E-state index >= 15 is 0 Å². The maximum absolute atomic E-state index is 5.43. The standard InChI is InChI=1S/C14H20N4O/c1-2-13-15-8-9-18(13)10-12-16-14(19-17-12)11-6-4-3-5-7-11/h8-9,11H,2-7,10H2,1H3. The third kappa shape index (κ3) is 2.69. The molecule has 19 heavy (non-hydrogen) atoms. The Balaban J connectivity index is 1.70. The SMILES string of the molecule is CCc1nccn1Cc1noc(C2CCCCC2)n1. The highest BCUT2D eigenvalue weighted by Gasteiger charge is 2.21. The first-order valence-corrected chi connectivity index (χ1v) is 7.19. The first-order chi connectivity index (χ1) is 9.36. The number of rotatable bonds is 4. The van der Waals surface area contributed by atoms with Crippen LogP contribution in [0.4, 0.5) is 0 Å². The molecule has 5 heteroatoms. The van der Waals surface area contributed by atoms with Crippen LogP contribution in [-0.4, -0.2) is 19.7 Å². The summed E-state index contributed by atoms with van der Waals surface area (Å²) in [5.74, 6) is 3.12. The second-order valence-corrected chi connectivity index (χ2v) is 5.21. The van der Waals surface area contributed by atoms with E-state index in [0.717, 1.165) is 24.0 Å². The molecule has 0 aliphatic heterocycles. The quantitative estimate of drug-likeness (QED) is 0.848. The molecule has 2 aromatic heterocycles. The molecule has 0 atom stereocenters. The molecular formula is C14H20N4O. The van der Waals surface area contributed by atoms with E-state index < -0.39 is 0 Å². The maximum atomic E-state index is 5.43. The van der Waals surface area contributed by atoms with Gasteiger partial charge in [0.15, 0.2) is 5.82 Å².